The highest BCUT2D eigenvalue weighted by Crippen LogP contribution is 2.30. The lowest BCUT2D eigenvalue weighted by Gasteiger charge is -2.01. The molecule has 0 atom stereocenters. The van der Waals surface area contributed by atoms with Crippen LogP contribution in [-0.4, -0.2) is 15.0 Å². The molecule has 0 saturated heterocycles. The average Bonchev–Trinajstić information content (AvgIpc) is 2.75. The standard InChI is InChI=1S/C12H9N3OS/c1-7-3-2-4-13-10(7)8-5-17-12-9(8)11(16)14-6-15-12/h2-6H,1H3,(H,14,15,16). The molecule has 0 radical (unpaired) electrons. The highest BCUT2D eigenvalue weighted by molar-refractivity contribution is 7.17. The Balaban J connectivity index is 2.40. The number of nitrogens with zero attached hydrogens (tertiary/aromatic N) is 2. The lowest BCUT2D eigenvalue weighted by molar-refractivity contribution is 1.18. The number of hydrogen-bond donors (Lipinski definition) is 1. The predicted molar refractivity (Wildman–Crippen MR) is 68.2 cm³/mol. The van der Waals surface area contributed by atoms with Crippen LogP contribution in [0.2, 0.25) is 0 Å². The van der Waals surface area contributed by atoms with Gasteiger partial charge in [0.15, 0.2) is 0 Å². The monoisotopic (exact) mass is 243 g/mol. The Morgan fingerprint density at radius 3 is 3.06 bits per heavy atom. The minimum Gasteiger partial charge on any atom is -0.313 e. The van der Waals surface area contributed by atoms with Crippen LogP contribution in [0, 0.1) is 6.92 Å². The van der Waals surface area contributed by atoms with Gasteiger partial charge in [-0.3, -0.25) is 9.78 Å². The van der Waals surface area contributed by atoms with Crippen molar-refractivity contribution in [1.29, 1.82) is 0 Å². The number of aromatic nitrogens is 3. The molecule has 0 aliphatic rings. The normalized spacial score (nSPS) is 10.9. The summed E-state index contributed by atoms with van der Waals surface area (Å²) in [5.41, 5.74) is 2.64. The van der Waals surface area contributed by atoms with E-state index in [1.165, 1.54) is 17.7 Å². The third-order valence-electron chi connectivity index (χ3n) is 2.64. The first-order valence-electron chi connectivity index (χ1n) is 5.14. The molecule has 0 saturated carbocycles. The fraction of sp³-hybridized carbons (Fsp3) is 0.0833. The molecule has 0 unspecified atom stereocenters. The fourth-order valence-electron chi connectivity index (χ4n) is 1.83. The van der Waals surface area contributed by atoms with E-state index >= 15 is 0 Å². The van der Waals surface area contributed by atoms with Crippen LogP contribution in [0.3, 0.4) is 0 Å². The summed E-state index contributed by atoms with van der Waals surface area (Å²) in [5, 5.41) is 2.56. The molecule has 3 aromatic heterocycles. The SMILES string of the molecule is Cc1cccnc1-c1csc2nc[nH]c(=O)c12. The number of thiophene rings is 1. The zero-order valence-corrected chi connectivity index (χ0v) is 9.91. The maximum absolute atomic E-state index is 11.8. The van der Waals surface area contributed by atoms with Gasteiger partial charge in [0.25, 0.3) is 5.56 Å². The minimum atomic E-state index is -0.115. The van der Waals surface area contributed by atoms with Gasteiger partial charge in [0.2, 0.25) is 0 Å². The number of fused-ring (bicyclic) bond motifs is 1. The van der Waals surface area contributed by atoms with E-state index in [4.69, 9.17) is 0 Å². The van der Waals surface area contributed by atoms with Crippen LogP contribution < -0.4 is 5.56 Å². The molecule has 5 heteroatoms. The van der Waals surface area contributed by atoms with Crippen molar-refractivity contribution < 1.29 is 0 Å². The number of hydrogen-bond acceptors (Lipinski definition) is 4. The molecular weight excluding hydrogens is 234 g/mol. The molecule has 0 aliphatic heterocycles. The zero-order chi connectivity index (χ0) is 11.8. The predicted octanol–water partition coefficient (Wildman–Crippen LogP) is 2.36. The van der Waals surface area contributed by atoms with Crippen molar-refractivity contribution in [1.82, 2.24) is 15.0 Å². The van der Waals surface area contributed by atoms with E-state index in [2.05, 4.69) is 15.0 Å². The Kier molecular flexibility index (Phi) is 2.26. The van der Waals surface area contributed by atoms with Crippen LogP contribution in [0.4, 0.5) is 0 Å². The molecule has 1 N–H and O–H groups in total. The van der Waals surface area contributed by atoms with Crippen LogP contribution in [0.25, 0.3) is 21.5 Å². The number of nitrogens with one attached hydrogen (secondary N) is 1. The second-order valence-corrected chi connectivity index (χ2v) is 4.59. The summed E-state index contributed by atoms with van der Waals surface area (Å²) < 4.78 is 0. The highest BCUT2D eigenvalue weighted by atomic mass is 32.1. The van der Waals surface area contributed by atoms with E-state index in [1.807, 2.05) is 24.4 Å². The lowest BCUT2D eigenvalue weighted by Crippen LogP contribution is -2.05. The summed E-state index contributed by atoms with van der Waals surface area (Å²) in [4.78, 5) is 23.7. The summed E-state index contributed by atoms with van der Waals surface area (Å²) in [5.74, 6) is 0. The summed E-state index contributed by atoms with van der Waals surface area (Å²) in [6.45, 7) is 1.98. The van der Waals surface area contributed by atoms with Crippen molar-refractivity contribution >= 4 is 21.6 Å². The van der Waals surface area contributed by atoms with Crippen LogP contribution in [0.1, 0.15) is 5.56 Å². The van der Waals surface area contributed by atoms with Gasteiger partial charge in [-0.2, -0.15) is 0 Å². The van der Waals surface area contributed by atoms with E-state index in [0.717, 1.165) is 21.7 Å². The first-order valence-corrected chi connectivity index (χ1v) is 6.02. The van der Waals surface area contributed by atoms with Crippen molar-refractivity contribution in [2.75, 3.05) is 0 Å². The Morgan fingerprint density at radius 2 is 2.24 bits per heavy atom. The fourth-order valence-corrected chi connectivity index (χ4v) is 2.72. The summed E-state index contributed by atoms with van der Waals surface area (Å²) in [6, 6.07) is 3.87. The molecule has 0 aliphatic carbocycles. The Labute approximate surface area is 101 Å². The second kappa shape index (κ2) is 3.78. The topological polar surface area (TPSA) is 58.6 Å². The van der Waals surface area contributed by atoms with Gasteiger partial charge in [-0.15, -0.1) is 11.3 Å². The molecule has 17 heavy (non-hydrogen) atoms. The largest absolute Gasteiger partial charge is 0.313 e. The molecule has 4 nitrogen and oxygen atoms in total. The van der Waals surface area contributed by atoms with Gasteiger partial charge < -0.3 is 4.98 Å². The number of rotatable bonds is 1. The third kappa shape index (κ3) is 1.55. The smallest absolute Gasteiger partial charge is 0.260 e. The zero-order valence-electron chi connectivity index (χ0n) is 9.10. The lowest BCUT2D eigenvalue weighted by atomic mass is 10.1. The van der Waals surface area contributed by atoms with Crippen LogP contribution >= 0.6 is 11.3 Å². The van der Waals surface area contributed by atoms with Crippen LogP contribution in [0.5, 0.6) is 0 Å². The van der Waals surface area contributed by atoms with Gasteiger partial charge >= 0.3 is 0 Å². The molecule has 3 rings (SSSR count). The summed E-state index contributed by atoms with van der Waals surface area (Å²) in [7, 11) is 0. The van der Waals surface area contributed by atoms with Gasteiger partial charge in [0.1, 0.15) is 4.83 Å². The first-order chi connectivity index (χ1) is 8.27. The van der Waals surface area contributed by atoms with Crippen molar-refractivity contribution in [3.63, 3.8) is 0 Å². The minimum absolute atomic E-state index is 0.115. The van der Waals surface area contributed by atoms with Crippen LogP contribution in [0.15, 0.2) is 34.8 Å². The first kappa shape index (κ1) is 10.2. The Morgan fingerprint density at radius 1 is 1.35 bits per heavy atom. The molecule has 3 heterocycles. The van der Waals surface area contributed by atoms with Gasteiger partial charge in [0, 0.05) is 17.1 Å². The third-order valence-corrected chi connectivity index (χ3v) is 3.53. The van der Waals surface area contributed by atoms with E-state index in [1.54, 1.807) is 6.20 Å². The van der Waals surface area contributed by atoms with Crippen molar-refractivity contribution in [2.24, 2.45) is 0 Å². The number of H-pyrrole nitrogens is 1. The van der Waals surface area contributed by atoms with E-state index in [0.29, 0.717) is 5.39 Å². The van der Waals surface area contributed by atoms with Crippen LogP contribution in [-0.2, 0) is 0 Å². The maximum atomic E-state index is 11.8. The molecular formula is C12H9N3OS. The maximum Gasteiger partial charge on any atom is 0.260 e. The highest BCUT2D eigenvalue weighted by Gasteiger charge is 2.12. The molecule has 84 valence electrons. The van der Waals surface area contributed by atoms with Crippen molar-refractivity contribution in [3.8, 4) is 11.3 Å². The van der Waals surface area contributed by atoms with Crippen molar-refractivity contribution in [3.05, 3.63) is 46.0 Å². The van der Waals surface area contributed by atoms with Crippen molar-refractivity contribution in [2.45, 2.75) is 6.92 Å². The van der Waals surface area contributed by atoms with E-state index < -0.39 is 0 Å². The molecule has 0 amide bonds. The average molecular weight is 243 g/mol. The Bertz CT molecular complexity index is 745. The summed E-state index contributed by atoms with van der Waals surface area (Å²) >= 11 is 1.46. The molecule has 0 bridgehead atoms. The molecule has 0 aromatic carbocycles. The quantitative estimate of drug-likeness (QED) is 0.713. The molecule has 0 spiro atoms. The Hall–Kier alpha value is -2.01. The second-order valence-electron chi connectivity index (χ2n) is 3.73. The van der Waals surface area contributed by atoms with E-state index in [-0.39, 0.29) is 5.56 Å². The van der Waals surface area contributed by atoms with Gasteiger partial charge in [-0.25, -0.2) is 4.98 Å². The van der Waals surface area contributed by atoms with E-state index in [9.17, 15) is 4.79 Å². The molecule has 0 fully saturated rings. The summed E-state index contributed by atoms with van der Waals surface area (Å²) in [6.07, 6.45) is 3.16. The number of pyridine rings is 1. The van der Waals surface area contributed by atoms with Gasteiger partial charge in [0.05, 0.1) is 17.4 Å². The number of aromatic amines is 1. The molecule has 3 aromatic rings. The van der Waals surface area contributed by atoms with Gasteiger partial charge in [-0.1, -0.05) is 6.07 Å². The number of aryl methyl sites for hydroxylation is 1. The van der Waals surface area contributed by atoms with Gasteiger partial charge in [-0.05, 0) is 18.6 Å².